The number of hydrogen-bond donors (Lipinski definition) is 2. The molecule has 3 atom stereocenters. The van der Waals surface area contributed by atoms with Crippen molar-refractivity contribution in [3.63, 3.8) is 0 Å². The molecule has 1 saturated heterocycles. The smallest absolute Gasteiger partial charge is 0.0511 e. The van der Waals surface area contributed by atoms with Crippen LogP contribution in [-0.4, -0.2) is 12.6 Å². The van der Waals surface area contributed by atoms with Gasteiger partial charge in [-0.25, -0.2) is 0 Å². The van der Waals surface area contributed by atoms with Crippen molar-refractivity contribution in [3.8, 4) is 0 Å². The first-order chi connectivity index (χ1) is 11.6. The van der Waals surface area contributed by atoms with Gasteiger partial charge in [-0.2, -0.15) is 0 Å². The van der Waals surface area contributed by atoms with Crippen LogP contribution in [-0.2, 0) is 0 Å². The Balaban J connectivity index is 1.76. The van der Waals surface area contributed by atoms with Crippen LogP contribution < -0.4 is 10.6 Å². The van der Waals surface area contributed by atoms with Crippen LogP contribution in [0.5, 0.6) is 0 Å². The van der Waals surface area contributed by atoms with E-state index in [1.54, 1.807) is 0 Å². The number of hydrogen-bond acceptors (Lipinski definition) is 2. The van der Waals surface area contributed by atoms with Gasteiger partial charge in [0.15, 0.2) is 0 Å². The average Bonchev–Trinajstić information content (AvgIpc) is 2.54. The van der Waals surface area contributed by atoms with E-state index in [1.807, 2.05) is 6.07 Å². The van der Waals surface area contributed by atoms with Gasteiger partial charge in [-0.1, -0.05) is 49.7 Å². The van der Waals surface area contributed by atoms with Crippen LogP contribution in [0, 0.1) is 6.92 Å². The maximum atomic E-state index is 6.17. The second kappa shape index (κ2) is 7.58. The zero-order chi connectivity index (χ0) is 17.1. The topological polar surface area (TPSA) is 24.1 Å². The van der Waals surface area contributed by atoms with Gasteiger partial charge < -0.3 is 10.6 Å². The summed E-state index contributed by atoms with van der Waals surface area (Å²) in [6.45, 7) is 7.75. The fraction of sp³-hybridized carbons (Fsp3) is 0.429. The lowest BCUT2D eigenvalue weighted by atomic mass is 9.87. The predicted octanol–water partition coefficient (Wildman–Crippen LogP) is 5.68. The van der Waals surface area contributed by atoms with Gasteiger partial charge in [0.2, 0.25) is 0 Å². The highest BCUT2D eigenvalue weighted by molar-refractivity contribution is 6.31. The Kier molecular flexibility index (Phi) is 5.47. The Labute approximate surface area is 150 Å². The molecule has 3 rings (SSSR count). The number of aryl methyl sites for hydroxylation is 1. The van der Waals surface area contributed by atoms with Gasteiger partial charge in [0.1, 0.15) is 0 Å². The third-order valence-corrected chi connectivity index (χ3v) is 5.64. The van der Waals surface area contributed by atoms with Crippen LogP contribution in [0.3, 0.4) is 0 Å². The Bertz CT molecular complexity index is 694. The predicted molar refractivity (Wildman–Crippen MR) is 104 cm³/mol. The molecule has 128 valence electrons. The normalized spacial score (nSPS) is 19.4. The standard InChI is InChI=1S/C21H27ClN2/c1-4-20(17-8-9-19(22)14(2)12-17)24-18-7-5-6-16(13-18)15(3)21-10-11-23-21/h5-9,12-13,15,20-21,23-24H,4,10-11H2,1-3H3/t15?,20-,21?/m1/s1. The Morgan fingerprint density at radius 1 is 1.21 bits per heavy atom. The van der Waals surface area contributed by atoms with Gasteiger partial charge in [0.05, 0.1) is 6.04 Å². The minimum absolute atomic E-state index is 0.299. The van der Waals surface area contributed by atoms with Crippen LogP contribution >= 0.6 is 11.6 Å². The van der Waals surface area contributed by atoms with Crippen LogP contribution in [0.15, 0.2) is 42.5 Å². The molecule has 0 aromatic heterocycles. The fourth-order valence-electron chi connectivity index (χ4n) is 3.39. The van der Waals surface area contributed by atoms with Crippen molar-refractivity contribution in [2.24, 2.45) is 0 Å². The van der Waals surface area contributed by atoms with Crippen LogP contribution in [0.1, 0.15) is 55.3 Å². The van der Waals surface area contributed by atoms with Crippen LogP contribution in [0.2, 0.25) is 5.02 Å². The summed E-state index contributed by atoms with van der Waals surface area (Å²) in [5, 5.41) is 8.05. The second-order valence-corrected chi connectivity index (χ2v) is 7.28. The molecule has 0 aliphatic carbocycles. The van der Waals surface area contributed by atoms with Gasteiger partial charge in [-0.15, -0.1) is 0 Å². The third-order valence-electron chi connectivity index (χ3n) is 5.21. The monoisotopic (exact) mass is 342 g/mol. The Hall–Kier alpha value is -1.51. The van der Waals surface area contributed by atoms with Gasteiger partial charge in [0, 0.05) is 16.8 Å². The lowest BCUT2D eigenvalue weighted by Gasteiger charge is -2.33. The second-order valence-electron chi connectivity index (χ2n) is 6.88. The number of anilines is 1. The average molecular weight is 343 g/mol. The molecule has 0 radical (unpaired) electrons. The lowest BCUT2D eigenvalue weighted by Crippen LogP contribution is -2.46. The first-order valence-corrected chi connectivity index (χ1v) is 9.32. The van der Waals surface area contributed by atoms with Gasteiger partial charge in [0.25, 0.3) is 0 Å². The summed E-state index contributed by atoms with van der Waals surface area (Å²) < 4.78 is 0. The number of benzene rings is 2. The fourth-order valence-corrected chi connectivity index (χ4v) is 3.51. The summed E-state index contributed by atoms with van der Waals surface area (Å²) in [6, 6.07) is 16.1. The SMILES string of the molecule is CC[C@@H](Nc1cccc(C(C)C2CCN2)c1)c1ccc(Cl)c(C)c1. The molecule has 2 aromatic rings. The maximum absolute atomic E-state index is 6.17. The number of rotatable bonds is 6. The summed E-state index contributed by atoms with van der Waals surface area (Å²) >= 11 is 6.17. The molecule has 2 N–H and O–H groups in total. The van der Waals surface area contributed by atoms with Gasteiger partial charge >= 0.3 is 0 Å². The molecule has 1 aliphatic rings. The molecule has 0 amide bonds. The molecule has 24 heavy (non-hydrogen) atoms. The minimum atomic E-state index is 0.299. The van der Waals surface area contributed by atoms with E-state index < -0.39 is 0 Å². The van der Waals surface area contributed by atoms with E-state index in [0.29, 0.717) is 18.0 Å². The maximum Gasteiger partial charge on any atom is 0.0511 e. The highest BCUT2D eigenvalue weighted by Crippen LogP contribution is 2.30. The summed E-state index contributed by atoms with van der Waals surface area (Å²) in [6.07, 6.45) is 2.31. The molecule has 0 spiro atoms. The first-order valence-electron chi connectivity index (χ1n) is 8.94. The largest absolute Gasteiger partial charge is 0.378 e. The molecule has 2 nitrogen and oxygen atoms in total. The van der Waals surface area contributed by atoms with E-state index in [2.05, 4.69) is 67.8 Å². The van der Waals surface area contributed by atoms with Crippen LogP contribution in [0.25, 0.3) is 0 Å². The summed E-state index contributed by atoms with van der Waals surface area (Å²) in [4.78, 5) is 0. The van der Waals surface area contributed by atoms with Gasteiger partial charge in [-0.3, -0.25) is 0 Å². The van der Waals surface area contributed by atoms with Crippen molar-refractivity contribution in [1.82, 2.24) is 5.32 Å². The molecular weight excluding hydrogens is 316 g/mol. The van der Waals surface area contributed by atoms with E-state index in [-0.39, 0.29) is 0 Å². The number of nitrogens with one attached hydrogen (secondary N) is 2. The molecule has 1 fully saturated rings. The van der Waals surface area contributed by atoms with Crippen LogP contribution in [0.4, 0.5) is 5.69 Å². The van der Waals surface area contributed by atoms with E-state index in [1.165, 1.54) is 23.2 Å². The lowest BCUT2D eigenvalue weighted by molar-refractivity contribution is 0.328. The summed E-state index contributed by atoms with van der Waals surface area (Å²) in [7, 11) is 0. The Morgan fingerprint density at radius 2 is 2.00 bits per heavy atom. The molecule has 0 bridgehead atoms. The first kappa shape index (κ1) is 17.3. The molecule has 2 aromatic carbocycles. The molecule has 1 heterocycles. The van der Waals surface area contributed by atoms with Crippen molar-refractivity contribution in [3.05, 3.63) is 64.2 Å². The summed E-state index contributed by atoms with van der Waals surface area (Å²) in [5.74, 6) is 0.554. The highest BCUT2D eigenvalue weighted by atomic mass is 35.5. The van der Waals surface area contributed by atoms with Crippen molar-refractivity contribution in [1.29, 1.82) is 0 Å². The van der Waals surface area contributed by atoms with E-state index >= 15 is 0 Å². The Morgan fingerprint density at radius 3 is 2.62 bits per heavy atom. The zero-order valence-corrected chi connectivity index (χ0v) is 15.5. The van der Waals surface area contributed by atoms with Gasteiger partial charge in [-0.05, 0) is 67.1 Å². The molecule has 1 aliphatic heterocycles. The molecule has 0 saturated carbocycles. The quantitative estimate of drug-likeness (QED) is 0.706. The van der Waals surface area contributed by atoms with Crippen molar-refractivity contribution >= 4 is 17.3 Å². The minimum Gasteiger partial charge on any atom is -0.378 e. The highest BCUT2D eigenvalue weighted by Gasteiger charge is 2.24. The van der Waals surface area contributed by atoms with E-state index in [4.69, 9.17) is 11.6 Å². The molecule has 3 heteroatoms. The van der Waals surface area contributed by atoms with Crippen molar-refractivity contribution < 1.29 is 0 Å². The zero-order valence-electron chi connectivity index (χ0n) is 14.8. The van der Waals surface area contributed by atoms with Crippen molar-refractivity contribution in [2.45, 2.75) is 51.6 Å². The summed E-state index contributed by atoms with van der Waals surface area (Å²) in [5.41, 5.74) is 5.02. The van der Waals surface area contributed by atoms with E-state index in [0.717, 1.165) is 23.6 Å². The molecule has 2 unspecified atom stereocenters. The van der Waals surface area contributed by atoms with E-state index in [9.17, 15) is 0 Å². The third kappa shape index (κ3) is 3.76. The molecular formula is C21H27ClN2. The van der Waals surface area contributed by atoms with Crippen molar-refractivity contribution in [2.75, 3.05) is 11.9 Å². The number of halogens is 1.